The molecule has 132 valence electrons. The molecule has 0 radical (unpaired) electrons. The molecular weight excluding hydrogens is 323 g/mol. The molecule has 3 rings (SSSR count). The molecule has 0 bridgehead atoms. The fourth-order valence-electron chi connectivity index (χ4n) is 3.05. The fraction of sp³-hybridized carbons (Fsp3) is 0.389. The van der Waals surface area contributed by atoms with E-state index in [1.54, 1.807) is 24.1 Å². The van der Waals surface area contributed by atoms with Gasteiger partial charge >= 0.3 is 0 Å². The van der Waals surface area contributed by atoms with Gasteiger partial charge in [-0.15, -0.1) is 0 Å². The van der Waals surface area contributed by atoms with Crippen molar-refractivity contribution in [1.82, 2.24) is 14.9 Å². The van der Waals surface area contributed by atoms with Gasteiger partial charge in [0.15, 0.2) is 6.61 Å². The standard InChI is InChI=1S/C18H21FN4O2/c1-12-21-15(10-17(20-2)22-12)16-7-4-8-23(16)18(24)11-25-14-6-3-5-13(19)9-14/h3,5-6,9-10,16H,4,7-8,11H2,1-2H3,(H,20,21,22)/t16-/m0/s1. The van der Waals surface area contributed by atoms with Crippen molar-refractivity contribution in [3.63, 3.8) is 0 Å². The number of ether oxygens (including phenoxy) is 1. The Bertz CT molecular complexity index is 768. The molecule has 25 heavy (non-hydrogen) atoms. The first kappa shape index (κ1) is 17.1. The molecule has 7 heteroatoms. The minimum Gasteiger partial charge on any atom is -0.484 e. The first-order valence-electron chi connectivity index (χ1n) is 8.28. The van der Waals surface area contributed by atoms with E-state index >= 15 is 0 Å². The number of aromatic nitrogens is 2. The number of hydrogen-bond acceptors (Lipinski definition) is 5. The van der Waals surface area contributed by atoms with Gasteiger partial charge in [-0.1, -0.05) is 6.07 Å². The second-order valence-corrected chi connectivity index (χ2v) is 5.97. The van der Waals surface area contributed by atoms with Crippen molar-refractivity contribution >= 4 is 11.7 Å². The number of nitrogens with zero attached hydrogens (tertiary/aromatic N) is 3. The lowest BCUT2D eigenvalue weighted by molar-refractivity contribution is -0.134. The lowest BCUT2D eigenvalue weighted by Crippen LogP contribution is -2.35. The molecule has 1 aromatic heterocycles. The zero-order valence-electron chi connectivity index (χ0n) is 14.3. The Morgan fingerprint density at radius 1 is 1.40 bits per heavy atom. The van der Waals surface area contributed by atoms with Gasteiger partial charge in [0.1, 0.15) is 23.2 Å². The quantitative estimate of drug-likeness (QED) is 0.903. The van der Waals surface area contributed by atoms with Crippen LogP contribution in [0.2, 0.25) is 0 Å². The second-order valence-electron chi connectivity index (χ2n) is 5.97. The van der Waals surface area contributed by atoms with E-state index in [0.717, 1.165) is 24.4 Å². The largest absolute Gasteiger partial charge is 0.484 e. The van der Waals surface area contributed by atoms with Crippen molar-refractivity contribution in [1.29, 1.82) is 0 Å². The van der Waals surface area contributed by atoms with Crippen LogP contribution in [-0.2, 0) is 4.79 Å². The van der Waals surface area contributed by atoms with Gasteiger partial charge in [-0.3, -0.25) is 4.79 Å². The molecule has 1 atom stereocenters. The molecule has 1 saturated heterocycles. The molecular formula is C18H21FN4O2. The highest BCUT2D eigenvalue weighted by Crippen LogP contribution is 2.31. The number of carbonyl (C=O) groups is 1. The number of aryl methyl sites for hydroxylation is 1. The first-order chi connectivity index (χ1) is 12.1. The maximum atomic E-state index is 13.2. The molecule has 2 aromatic rings. The Morgan fingerprint density at radius 3 is 3.00 bits per heavy atom. The molecule has 0 spiro atoms. The normalized spacial score (nSPS) is 16.8. The van der Waals surface area contributed by atoms with Crippen LogP contribution in [0.4, 0.5) is 10.2 Å². The van der Waals surface area contributed by atoms with Gasteiger partial charge in [-0.05, 0) is 31.9 Å². The van der Waals surface area contributed by atoms with Gasteiger partial charge in [0.05, 0.1) is 11.7 Å². The van der Waals surface area contributed by atoms with Crippen LogP contribution in [0.25, 0.3) is 0 Å². The van der Waals surface area contributed by atoms with Gasteiger partial charge < -0.3 is 15.0 Å². The molecule has 2 heterocycles. The summed E-state index contributed by atoms with van der Waals surface area (Å²) in [5.41, 5.74) is 0.827. The maximum absolute atomic E-state index is 13.2. The van der Waals surface area contributed by atoms with Gasteiger partial charge in [0, 0.05) is 25.7 Å². The minimum absolute atomic E-state index is 0.0857. The number of amides is 1. The highest BCUT2D eigenvalue weighted by Gasteiger charge is 2.31. The topological polar surface area (TPSA) is 67.4 Å². The van der Waals surface area contributed by atoms with Crippen LogP contribution in [0.15, 0.2) is 30.3 Å². The molecule has 1 amide bonds. The van der Waals surface area contributed by atoms with Gasteiger partial charge in [0.25, 0.3) is 5.91 Å². The zero-order chi connectivity index (χ0) is 17.8. The smallest absolute Gasteiger partial charge is 0.261 e. The summed E-state index contributed by atoms with van der Waals surface area (Å²) in [5, 5.41) is 3.01. The third-order valence-electron chi connectivity index (χ3n) is 4.19. The number of anilines is 1. The predicted molar refractivity (Wildman–Crippen MR) is 91.9 cm³/mol. The van der Waals surface area contributed by atoms with E-state index in [1.807, 2.05) is 13.0 Å². The van der Waals surface area contributed by atoms with Crippen molar-refractivity contribution in [2.24, 2.45) is 0 Å². The van der Waals surface area contributed by atoms with E-state index in [2.05, 4.69) is 15.3 Å². The molecule has 0 aliphatic carbocycles. The van der Waals surface area contributed by atoms with Crippen LogP contribution in [0.1, 0.15) is 30.4 Å². The third-order valence-corrected chi connectivity index (χ3v) is 4.19. The molecule has 0 unspecified atom stereocenters. The zero-order valence-corrected chi connectivity index (χ0v) is 14.3. The summed E-state index contributed by atoms with van der Waals surface area (Å²) in [6, 6.07) is 7.57. The third kappa shape index (κ3) is 4.04. The Kier molecular flexibility index (Phi) is 5.11. The first-order valence-corrected chi connectivity index (χ1v) is 8.28. The summed E-state index contributed by atoms with van der Waals surface area (Å²) in [7, 11) is 1.80. The minimum atomic E-state index is -0.389. The summed E-state index contributed by atoms with van der Waals surface area (Å²) in [4.78, 5) is 23.1. The summed E-state index contributed by atoms with van der Waals surface area (Å²) < 4.78 is 18.6. The Balaban J connectivity index is 1.70. The van der Waals surface area contributed by atoms with Gasteiger partial charge in [-0.2, -0.15) is 0 Å². The van der Waals surface area contributed by atoms with Crippen molar-refractivity contribution in [3.8, 4) is 5.75 Å². The van der Waals surface area contributed by atoms with Crippen LogP contribution in [0, 0.1) is 12.7 Å². The number of hydrogen-bond donors (Lipinski definition) is 1. The Morgan fingerprint density at radius 2 is 2.24 bits per heavy atom. The van der Waals surface area contributed by atoms with Crippen LogP contribution >= 0.6 is 0 Å². The highest BCUT2D eigenvalue weighted by molar-refractivity contribution is 5.78. The fourth-order valence-corrected chi connectivity index (χ4v) is 3.05. The van der Waals surface area contributed by atoms with Crippen molar-refractivity contribution in [2.45, 2.75) is 25.8 Å². The highest BCUT2D eigenvalue weighted by atomic mass is 19.1. The average molecular weight is 344 g/mol. The maximum Gasteiger partial charge on any atom is 0.261 e. The van der Waals surface area contributed by atoms with Crippen LogP contribution < -0.4 is 10.1 Å². The van der Waals surface area contributed by atoms with Crippen LogP contribution in [-0.4, -0.2) is 41.0 Å². The van der Waals surface area contributed by atoms with Crippen LogP contribution in [0.5, 0.6) is 5.75 Å². The van der Waals surface area contributed by atoms with E-state index < -0.39 is 0 Å². The number of rotatable bonds is 5. The Hall–Kier alpha value is -2.70. The number of nitrogens with one attached hydrogen (secondary N) is 1. The van der Waals surface area contributed by atoms with Gasteiger partial charge in [0.2, 0.25) is 0 Å². The van der Waals surface area contributed by atoms with Crippen molar-refractivity contribution in [3.05, 3.63) is 47.7 Å². The molecule has 1 aromatic carbocycles. The average Bonchev–Trinajstić information content (AvgIpc) is 3.09. The van der Waals surface area contributed by atoms with E-state index in [9.17, 15) is 9.18 Å². The van der Waals surface area contributed by atoms with Gasteiger partial charge in [-0.25, -0.2) is 14.4 Å². The van der Waals surface area contributed by atoms with E-state index in [1.165, 1.54) is 12.1 Å². The van der Waals surface area contributed by atoms with Crippen molar-refractivity contribution < 1.29 is 13.9 Å². The molecule has 1 aliphatic heterocycles. The predicted octanol–water partition coefficient (Wildman–Crippen LogP) is 2.71. The molecule has 1 aliphatic rings. The molecule has 1 N–H and O–H groups in total. The summed E-state index contributed by atoms with van der Waals surface area (Å²) >= 11 is 0. The summed E-state index contributed by atoms with van der Waals surface area (Å²) in [5.74, 6) is 1.23. The summed E-state index contributed by atoms with van der Waals surface area (Å²) in [6.45, 7) is 2.37. The monoisotopic (exact) mass is 344 g/mol. The molecule has 6 nitrogen and oxygen atoms in total. The second kappa shape index (κ2) is 7.46. The number of halogens is 1. The van der Waals surface area contributed by atoms with E-state index in [-0.39, 0.29) is 24.4 Å². The lowest BCUT2D eigenvalue weighted by atomic mass is 10.1. The molecule has 1 fully saturated rings. The van der Waals surface area contributed by atoms with E-state index in [0.29, 0.717) is 18.1 Å². The Labute approximate surface area is 146 Å². The SMILES string of the molecule is CNc1cc([C@@H]2CCCN2C(=O)COc2cccc(F)c2)nc(C)n1. The molecule has 0 saturated carbocycles. The van der Waals surface area contributed by atoms with Crippen LogP contribution in [0.3, 0.4) is 0 Å². The number of benzene rings is 1. The van der Waals surface area contributed by atoms with Crippen molar-refractivity contribution in [2.75, 3.05) is 25.5 Å². The lowest BCUT2D eigenvalue weighted by Gasteiger charge is -2.24. The van der Waals surface area contributed by atoms with E-state index in [4.69, 9.17) is 4.74 Å². The number of likely N-dealkylation sites (tertiary alicyclic amines) is 1. The summed E-state index contributed by atoms with van der Waals surface area (Å²) in [6.07, 6.45) is 1.76. The number of carbonyl (C=O) groups excluding carboxylic acids is 1.